The van der Waals surface area contributed by atoms with Crippen LogP contribution >= 0.6 is 11.6 Å². The summed E-state index contributed by atoms with van der Waals surface area (Å²) in [5.41, 5.74) is 10.8. The standard InChI is InChI=1S/C15H18ClN3/c1-2-3-4-12(17)15-18-13-8-9-7-10(16)5-6-11(9)14(13)19-15/h5-7,12H,2-4,8,17H2,1H3,(H,18,19). The number of nitrogens with two attached hydrogens (primary N) is 1. The second-order valence-corrected chi connectivity index (χ2v) is 5.61. The van der Waals surface area contributed by atoms with Crippen molar-refractivity contribution in [2.45, 2.75) is 38.6 Å². The molecule has 1 aliphatic carbocycles. The van der Waals surface area contributed by atoms with Gasteiger partial charge in [0.25, 0.3) is 0 Å². The molecule has 19 heavy (non-hydrogen) atoms. The summed E-state index contributed by atoms with van der Waals surface area (Å²) < 4.78 is 0. The minimum atomic E-state index is 0.0151. The first kappa shape index (κ1) is 12.7. The number of hydrogen-bond donors (Lipinski definition) is 2. The van der Waals surface area contributed by atoms with Gasteiger partial charge in [0.15, 0.2) is 0 Å². The molecular weight excluding hydrogens is 258 g/mol. The van der Waals surface area contributed by atoms with Gasteiger partial charge in [-0.05, 0) is 24.1 Å². The maximum Gasteiger partial charge on any atom is 0.124 e. The smallest absolute Gasteiger partial charge is 0.124 e. The predicted molar refractivity (Wildman–Crippen MR) is 78.3 cm³/mol. The van der Waals surface area contributed by atoms with Crippen molar-refractivity contribution in [2.75, 3.05) is 0 Å². The lowest BCUT2D eigenvalue weighted by atomic mass is 10.1. The van der Waals surface area contributed by atoms with Crippen LogP contribution in [-0.4, -0.2) is 9.97 Å². The van der Waals surface area contributed by atoms with Crippen molar-refractivity contribution >= 4 is 11.6 Å². The molecule has 1 heterocycles. The number of halogens is 1. The van der Waals surface area contributed by atoms with Crippen LogP contribution in [0.2, 0.25) is 5.02 Å². The van der Waals surface area contributed by atoms with Gasteiger partial charge in [-0.15, -0.1) is 0 Å². The molecular formula is C15H18ClN3. The molecule has 0 radical (unpaired) electrons. The van der Waals surface area contributed by atoms with Crippen LogP contribution < -0.4 is 5.73 Å². The molecule has 1 aromatic carbocycles. The number of fused-ring (bicyclic) bond motifs is 3. The predicted octanol–water partition coefficient (Wildman–Crippen LogP) is 3.82. The van der Waals surface area contributed by atoms with Crippen molar-refractivity contribution < 1.29 is 0 Å². The highest BCUT2D eigenvalue weighted by molar-refractivity contribution is 6.30. The summed E-state index contributed by atoms with van der Waals surface area (Å²) in [6.45, 7) is 2.18. The normalized spacial score (nSPS) is 14.3. The van der Waals surface area contributed by atoms with Crippen LogP contribution in [0.4, 0.5) is 0 Å². The number of rotatable bonds is 4. The maximum absolute atomic E-state index is 6.17. The van der Waals surface area contributed by atoms with E-state index in [9.17, 15) is 0 Å². The number of aromatic amines is 1. The van der Waals surface area contributed by atoms with E-state index in [1.54, 1.807) is 0 Å². The minimum absolute atomic E-state index is 0.0151. The fraction of sp³-hybridized carbons (Fsp3) is 0.400. The average Bonchev–Trinajstić information content (AvgIpc) is 2.92. The van der Waals surface area contributed by atoms with Crippen LogP contribution in [0.15, 0.2) is 18.2 Å². The Morgan fingerprint density at radius 1 is 1.47 bits per heavy atom. The Morgan fingerprint density at radius 3 is 3.11 bits per heavy atom. The highest BCUT2D eigenvalue weighted by Crippen LogP contribution is 2.37. The zero-order valence-corrected chi connectivity index (χ0v) is 11.8. The van der Waals surface area contributed by atoms with Crippen LogP contribution in [0.25, 0.3) is 11.3 Å². The number of H-pyrrole nitrogens is 1. The van der Waals surface area contributed by atoms with E-state index in [-0.39, 0.29) is 6.04 Å². The molecule has 0 bridgehead atoms. The van der Waals surface area contributed by atoms with Crippen molar-refractivity contribution in [3.05, 3.63) is 40.3 Å². The van der Waals surface area contributed by atoms with E-state index in [1.165, 1.54) is 16.8 Å². The first-order chi connectivity index (χ1) is 9.19. The Morgan fingerprint density at radius 2 is 2.32 bits per heavy atom. The molecule has 3 N–H and O–H groups in total. The first-order valence-electron chi connectivity index (χ1n) is 6.82. The number of aromatic nitrogens is 2. The van der Waals surface area contributed by atoms with Crippen LogP contribution in [0.5, 0.6) is 0 Å². The molecule has 0 aliphatic heterocycles. The van der Waals surface area contributed by atoms with Gasteiger partial charge in [0.05, 0.1) is 11.7 Å². The number of nitrogens with one attached hydrogen (secondary N) is 1. The summed E-state index contributed by atoms with van der Waals surface area (Å²) in [4.78, 5) is 8.08. The Bertz CT molecular complexity index is 603. The summed E-state index contributed by atoms with van der Waals surface area (Å²) in [5, 5.41) is 0.781. The molecule has 0 saturated heterocycles. The molecule has 100 valence electrons. The van der Waals surface area contributed by atoms with Crippen molar-refractivity contribution in [1.82, 2.24) is 9.97 Å². The highest BCUT2D eigenvalue weighted by atomic mass is 35.5. The van der Waals surface area contributed by atoms with E-state index in [0.717, 1.165) is 42.2 Å². The Labute approximate surface area is 118 Å². The molecule has 0 spiro atoms. The molecule has 3 rings (SSSR count). The van der Waals surface area contributed by atoms with Crippen molar-refractivity contribution in [3.8, 4) is 11.3 Å². The minimum Gasteiger partial charge on any atom is -0.344 e. The van der Waals surface area contributed by atoms with Gasteiger partial charge in [0.2, 0.25) is 0 Å². The lowest BCUT2D eigenvalue weighted by molar-refractivity contribution is 0.579. The molecule has 1 aromatic heterocycles. The summed E-state index contributed by atoms with van der Waals surface area (Å²) in [6, 6.07) is 6.00. The Kier molecular flexibility index (Phi) is 3.33. The average molecular weight is 276 g/mol. The maximum atomic E-state index is 6.17. The quantitative estimate of drug-likeness (QED) is 0.760. The van der Waals surface area contributed by atoms with Crippen LogP contribution in [0.1, 0.15) is 49.3 Å². The van der Waals surface area contributed by atoms with Crippen LogP contribution in [-0.2, 0) is 6.42 Å². The molecule has 0 amide bonds. The van der Waals surface area contributed by atoms with Gasteiger partial charge in [-0.2, -0.15) is 0 Å². The Balaban J connectivity index is 1.89. The van der Waals surface area contributed by atoms with E-state index < -0.39 is 0 Å². The molecule has 3 nitrogen and oxygen atoms in total. The second-order valence-electron chi connectivity index (χ2n) is 5.18. The summed E-state index contributed by atoms with van der Waals surface area (Å²) in [6.07, 6.45) is 4.16. The van der Waals surface area contributed by atoms with Crippen molar-refractivity contribution in [1.29, 1.82) is 0 Å². The zero-order chi connectivity index (χ0) is 13.4. The lowest BCUT2D eigenvalue weighted by Crippen LogP contribution is -2.12. The number of unbranched alkanes of at least 4 members (excludes halogenated alkanes) is 1. The van der Waals surface area contributed by atoms with Crippen molar-refractivity contribution in [3.63, 3.8) is 0 Å². The number of nitrogens with zero attached hydrogens (tertiary/aromatic N) is 1. The molecule has 1 aliphatic rings. The van der Waals surface area contributed by atoms with Gasteiger partial charge in [-0.3, -0.25) is 0 Å². The van der Waals surface area contributed by atoms with E-state index in [1.807, 2.05) is 18.2 Å². The molecule has 2 aromatic rings. The number of imidazole rings is 1. The SMILES string of the molecule is CCCCC(N)c1nc2c([nH]1)Cc1cc(Cl)ccc1-2. The van der Waals surface area contributed by atoms with Gasteiger partial charge >= 0.3 is 0 Å². The van der Waals surface area contributed by atoms with E-state index in [0.29, 0.717) is 0 Å². The zero-order valence-electron chi connectivity index (χ0n) is 11.0. The van der Waals surface area contributed by atoms with Crippen LogP contribution in [0, 0.1) is 0 Å². The third-order valence-electron chi connectivity index (χ3n) is 3.71. The molecule has 1 unspecified atom stereocenters. The first-order valence-corrected chi connectivity index (χ1v) is 7.20. The van der Waals surface area contributed by atoms with Crippen molar-refractivity contribution in [2.24, 2.45) is 5.73 Å². The third kappa shape index (κ3) is 2.28. The monoisotopic (exact) mass is 275 g/mol. The number of benzene rings is 1. The summed E-state index contributed by atoms with van der Waals surface area (Å²) in [7, 11) is 0. The topological polar surface area (TPSA) is 54.7 Å². The van der Waals surface area contributed by atoms with Gasteiger partial charge in [-0.25, -0.2) is 4.98 Å². The lowest BCUT2D eigenvalue weighted by Gasteiger charge is -2.08. The van der Waals surface area contributed by atoms with Gasteiger partial charge in [-0.1, -0.05) is 37.4 Å². The van der Waals surface area contributed by atoms with E-state index in [2.05, 4.69) is 11.9 Å². The Hall–Kier alpha value is -1.32. The molecule has 1 atom stereocenters. The van der Waals surface area contributed by atoms with E-state index >= 15 is 0 Å². The molecule has 4 heteroatoms. The van der Waals surface area contributed by atoms with Gasteiger partial charge in [0, 0.05) is 22.7 Å². The molecule has 0 saturated carbocycles. The van der Waals surface area contributed by atoms with E-state index in [4.69, 9.17) is 22.3 Å². The fourth-order valence-electron chi connectivity index (χ4n) is 2.65. The summed E-state index contributed by atoms with van der Waals surface area (Å²) in [5.74, 6) is 0.916. The molecule has 0 fully saturated rings. The summed E-state index contributed by atoms with van der Waals surface area (Å²) >= 11 is 6.02. The van der Waals surface area contributed by atoms with Crippen LogP contribution in [0.3, 0.4) is 0 Å². The largest absolute Gasteiger partial charge is 0.344 e. The van der Waals surface area contributed by atoms with Gasteiger partial charge in [0.1, 0.15) is 5.82 Å². The second kappa shape index (κ2) is 4.99. The third-order valence-corrected chi connectivity index (χ3v) is 3.94. The highest BCUT2D eigenvalue weighted by Gasteiger charge is 2.24. The fourth-order valence-corrected chi connectivity index (χ4v) is 2.84. The number of hydrogen-bond acceptors (Lipinski definition) is 2. The van der Waals surface area contributed by atoms with Gasteiger partial charge < -0.3 is 10.7 Å².